The fourth-order valence-electron chi connectivity index (χ4n) is 1.69. The average molecular weight is 213 g/mol. The van der Waals surface area contributed by atoms with Gasteiger partial charge in [-0.25, -0.2) is 0 Å². The third kappa shape index (κ3) is 2.68. The van der Waals surface area contributed by atoms with Gasteiger partial charge in [0.1, 0.15) is 0 Å². The van der Waals surface area contributed by atoms with E-state index in [1.165, 1.54) is 0 Å². The molecule has 1 fully saturated rings. The van der Waals surface area contributed by atoms with Crippen molar-refractivity contribution in [1.29, 1.82) is 0 Å². The van der Waals surface area contributed by atoms with Gasteiger partial charge < -0.3 is 16.4 Å². The van der Waals surface area contributed by atoms with Crippen molar-refractivity contribution in [3.8, 4) is 0 Å². The second-order valence-electron chi connectivity index (χ2n) is 4.44. The van der Waals surface area contributed by atoms with E-state index in [9.17, 15) is 9.59 Å². The highest BCUT2D eigenvalue weighted by atomic mass is 16.2. The van der Waals surface area contributed by atoms with Crippen molar-refractivity contribution in [2.75, 3.05) is 13.1 Å². The van der Waals surface area contributed by atoms with Crippen molar-refractivity contribution >= 4 is 11.8 Å². The first kappa shape index (κ1) is 12.0. The lowest BCUT2D eigenvalue weighted by Crippen LogP contribution is -2.46. The molecule has 0 bridgehead atoms. The maximum atomic E-state index is 11.8. The number of carbonyl (C=O) groups is 2. The fourth-order valence-corrected chi connectivity index (χ4v) is 1.69. The lowest BCUT2D eigenvalue weighted by molar-refractivity contribution is -0.132. The van der Waals surface area contributed by atoms with Crippen molar-refractivity contribution in [2.24, 2.45) is 23.3 Å². The summed E-state index contributed by atoms with van der Waals surface area (Å²) < 4.78 is 0. The third-order valence-electron chi connectivity index (χ3n) is 2.91. The normalized spacial score (nSPS) is 23.2. The molecule has 1 aliphatic heterocycles. The van der Waals surface area contributed by atoms with E-state index in [2.05, 4.69) is 0 Å². The summed E-state index contributed by atoms with van der Waals surface area (Å²) >= 11 is 0. The second-order valence-corrected chi connectivity index (χ2v) is 4.44. The zero-order valence-corrected chi connectivity index (χ0v) is 9.27. The minimum absolute atomic E-state index is 0.0752. The van der Waals surface area contributed by atoms with Gasteiger partial charge >= 0.3 is 0 Å². The molecule has 4 N–H and O–H groups in total. The molecule has 0 aromatic heterocycles. The number of rotatable bonds is 3. The van der Waals surface area contributed by atoms with Gasteiger partial charge in [-0.15, -0.1) is 0 Å². The number of nitrogens with zero attached hydrogens (tertiary/aromatic N) is 1. The van der Waals surface area contributed by atoms with Crippen LogP contribution in [0.15, 0.2) is 0 Å². The molecular formula is C10H19N3O2. The number of primary amides is 1. The molecule has 0 aromatic carbocycles. The molecule has 5 nitrogen and oxygen atoms in total. The molecule has 5 heteroatoms. The Bertz CT molecular complexity index is 265. The van der Waals surface area contributed by atoms with Crippen molar-refractivity contribution in [1.82, 2.24) is 4.90 Å². The number of hydrogen-bond acceptors (Lipinski definition) is 3. The average Bonchev–Trinajstić information content (AvgIpc) is 2.64. The van der Waals surface area contributed by atoms with Crippen LogP contribution in [0.3, 0.4) is 0 Å². The van der Waals surface area contributed by atoms with Gasteiger partial charge in [0.05, 0.1) is 12.0 Å². The Morgan fingerprint density at radius 2 is 2.00 bits per heavy atom. The predicted octanol–water partition coefficient (Wildman–Crippen LogP) is -0.696. The summed E-state index contributed by atoms with van der Waals surface area (Å²) in [6.07, 6.45) is 0.659. The van der Waals surface area contributed by atoms with Crippen LogP contribution in [0, 0.1) is 11.8 Å². The van der Waals surface area contributed by atoms with Gasteiger partial charge in [-0.3, -0.25) is 9.59 Å². The van der Waals surface area contributed by atoms with E-state index >= 15 is 0 Å². The van der Waals surface area contributed by atoms with Crippen molar-refractivity contribution in [2.45, 2.75) is 26.3 Å². The summed E-state index contributed by atoms with van der Waals surface area (Å²) in [7, 11) is 0. The molecule has 0 saturated carbocycles. The molecule has 1 rings (SSSR count). The van der Waals surface area contributed by atoms with Crippen LogP contribution >= 0.6 is 0 Å². The Morgan fingerprint density at radius 1 is 1.40 bits per heavy atom. The van der Waals surface area contributed by atoms with Gasteiger partial charge in [-0.2, -0.15) is 0 Å². The van der Waals surface area contributed by atoms with Crippen molar-refractivity contribution in [3.63, 3.8) is 0 Å². The molecule has 86 valence electrons. The zero-order chi connectivity index (χ0) is 11.6. The molecule has 2 amide bonds. The van der Waals surface area contributed by atoms with Gasteiger partial charge in [0, 0.05) is 13.1 Å². The van der Waals surface area contributed by atoms with E-state index in [1.54, 1.807) is 4.90 Å². The van der Waals surface area contributed by atoms with Gasteiger partial charge in [-0.1, -0.05) is 13.8 Å². The SMILES string of the molecule is CC(C)[C@@H](N)C(=O)N1CCC(C(N)=O)C1. The predicted molar refractivity (Wildman–Crippen MR) is 56.7 cm³/mol. The molecular weight excluding hydrogens is 194 g/mol. The van der Waals surface area contributed by atoms with Gasteiger partial charge in [0.15, 0.2) is 0 Å². The molecule has 1 unspecified atom stereocenters. The standard InChI is InChI=1S/C10H19N3O2/c1-6(2)8(11)10(15)13-4-3-7(5-13)9(12)14/h6-8H,3-5,11H2,1-2H3,(H2,12,14)/t7?,8-/m1/s1. The highest BCUT2D eigenvalue weighted by Gasteiger charge is 2.32. The molecule has 2 atom stereocenters. The topological polar surface area (TPSA) is 89.4 Å². The zero-order valence-electron chi connectivity index (χ0n) is 9.27. The molecule has 0 aromatic rings. The van der Waals surface area contributed by atoms with Crippen LogP contribution in [-0.2, 0) is 9.59 Å². The van der Waals surface area contributed by atoms with Gasteiger partial charge in [0.25, 0.3) is 0 Å². The van der Waals surface area contributed by atoms with Crippen LogP contribution in [0.1, 0.15) is 20.3 Å². The molecule has 0 spiro atoms. The number of carbonyl (C=O) groups excluding carboxylic acids is 2. The molecule has 0 radical (unpaired) electrons. The first-order chi connectivity index (χ1) is 6.93. The summed E-state index contributed by atoms with van der Waals surface area (Å²) in [5, 5.41) is 0. The van der Waals surface area contributed by atoms with Crippen LogP contribution in [0.5, 0.6) is 0 Å². The van der Waals surface area contributed by atoms with Crippen LogP contribution in [0.2, 0.25) is 0 Å². The maximum absolute atomic E-state index is 11.8. The summed E-state index contributed by atoms with van der Waals surface area (Å²) in [6.45, 7) is 4.83. The van der Waals surface area contributed by atoms with E-state index in [0.717, 1.165) is 0 Å². The van der Waals surface area contributed by atoms with Crippen LogP contribution < -0.4 is 11.5 Å². The number of likely N-dealkylation sites (tertiary alicyclic amines) is 1. The molecule has 0 aliphatic carbocycles. The molecule has 15 heavy (non-hydrogen) atoms. The molecule has 1 heterocycles. The summed E-state index contributed by atoms with van der Waals surface area (Å²) in [5.74, 6) is -0.490. The Kier molecular flexibility index (Phi) is 3.68. The minimum atomic E-state index is -0.475. The lowest BCUT2D eigenvalue weighted by atomic mass is 10.0. The Hall–Kier alpha value is -1.10. The molecule has 1 saturated heterocycles. The first-order valence-electron chi connectivity index (χ1n) is 5.27. The van der Waals surface area contributed by atoms with E-state index in [1.807, 2.05) is 13.8 Å². The van der Waals surface area contributed by atoms with Crippen molar-refractivity contribution in [3.05, 3.63) is 0 Å². The Labute approximate surface area is 89.8 Å². The third-order valence-corrected chi connectivity index (χ3v) is 2.91. The number of hydrogen-bond donors (Lipinski definition) is 2. The van der Waals surface area contributed by atoms with Crippen LogP contribution in [-0.4, -0.2) is 35.8 Å². The fraction of sp³-hybridized carbons (Fsp3) is 0.800. The lowest BCUT2D eigenvalue weighted by Gasteiger charge is -2.22. The Morgan fingerprint density at radius 3 is 2.40 bits per heavy atom. The number of nitrogens with two attached hydrogens (primary N) is 2. The van der Waals surface area contributed by atoms with E-state index in [0.29, 0.717) is 19.5 Å². The summed E-state index contributed by atoms with van der Waals surface area (Å²) in [5.41, 5.74) is 10.9. The minimum Gasteiger partial charge on any atom is -0.369 e. The Balaban J connectivity index is 2.54. The number of amides is 2. The first-order valence-corrected chi connectivity index (χ1v) is 5.27. The maximum Gasteiger partial charge on any atom is 0.239 e. The monoisotopic (exact) mass is 213 g/mol. The van der Waals surface area contributed by atoms with Crippen LogP contribution in [0.4, 0.5) is 0 Å². The summed E-state index contributed by atoms with van der Waals surface area (Å²) in [6, 6.07) is -0.475. The van der Waals surface area contributed by atoms with Gasteiger partial charge in [0.2, 0.25) is 11.8 Å². The van der Waals surface area contributed by atoms with E-state index < -0.39 is 6.04 Å². The smallest absolute Gasteiger partial charge is 0.239 e. The van der Waals surface area contributed by atoms with Crippen molar-refractivity contribution < 1.29 is 9.59 Å². The largest absolute Gasteiger partial charge is 0.369 e. The van der Waals surface area contributed by atoms with Gasteiger partial charge in [-0.05, 0) is 12.3 Å². The molecule has 1 aliphatic rings. The second kappa shape index (κ2) is 4.61. The summed E-state index contributed by atoms with van der Waals surface area (Å²) in [4.78, 5) is 24.4. The highest BCUT2D eigenvalue weighted by molar-refractivity contribution is 5.84. The quantitative estimate of drug-likeness (QED) is 0.650. The van der Waals surface area contributed by atoms with E-state index in [4.69, 9.17) is 11.5 Å². The van der Waals surface area contributed by atoms with E-state index in [-0.39, 0.29) is 23.7 Å². The van der Waals surface area contributed by atoms with Crippen LogP contribution in [0.25, 0.3) is 0 Å². The highest BCUT2D eigenvalue weighted by Crippen LogP contribution is 2.17.